The maximum Gasteiger partial charge on any atom is 0.293 e. The topological polar surface area (TPSA) is 72.2 Å². The summed E-state index contributed by atoms with van der Waals surface area (Å²) in [7, 11) is 0. The quantitative estimate of drug-likeness (QED) is 0.513. The van der Waals surface area contributed by atoms with Crippen molar-refractivity contribution in [2.75, 3.05) is 5.32 Å². The van der Waals surface area contributed by atoms with Crippen molar-refractivity contribution in [3.8, 4) is 0 Å². The molecule has 0 aliphatic heterocycles. The first kappa shape index (κ1) is 15.1. The van der Waals surface area contributed by atoms with Crippen molar-refractivity contribution in [1.82, 2.24) is 0 Å². The molecule has 2 aromatic carbocycles. The number of benzene rings is 2. The Labute approximate surface area is 126 Å². The fourth-order valence-corrected chi connectivity index (χ4v) is 2.54. The molecule has 0 saturated heterocycles. The Kier molecular flexibility index (Phi) is 4.59. The normalized spacial score (nSPS) is 10.2. The molecule has 0 heterocycles. The minimum absolute atomic E-state index is 0.103. The lowest BCUT2D eigenvalue weighted by Crippen LogP contribution is -2.07. The maximum atomic E-state index is 12.0. The monoisotopic (exact) mass is 302 g/mol. The van der Waals surface area contributed by atoms with Crippen LogP contribution in [0.3, 0.4) is 0 Å². The minimum Gasteiger partial charge on any atom is -0.311 e. The largest absolute Gasteiger partial charge is 0.311 e. The van der Waals surface area contributed by atoms with E-state index in [0.29, 0.717) is 0 Å². The lowest BCUT2D eigenvalue weighted by Gasteiger charge is -2.07. The van der Waals surface area contributed by atoms with Gasteiger partial charge < -0.3 is 5.32 Å². The smallest absolute Gasteiger partial charge is 0.293 e. The molecule has 0 bridgehead atoms. The van der Waals surface area contributed by atoms with Crippen molar-refractivity contribution >= 4 is 28.4 Å². The van der Waals surface area contributed by atoms with Gasteiger partial charge in [0.2, 0.25) is 0 Å². The molecular formula is C15H14N2O3S. The van der Waals surface area contributed by atoms with Crippen LogP contribution in [0.2, 0.25) is 0 Å². The van der Waals surface area contributed by atoms with Gasteiger partial charge in [-0.25, -0.2) is 0 Å². The molecule has 1 N–H and O–H groups in total. The van der Waals surface area contributed by atoms with Crippen molar-refractivity contribution < 1.29 is 9.72 Å². The summed E-state index contributed by atoms with van der Waals surface area (Å²) >= 11 is 1.02. The van der Waals surface area contributed by atoms with E-state index >= 15 is 0 Å². The van der Waals surface area contributed by atoms with E-state index in [0.717, 1.165) is 27.8 Å². The van der Waals surface area contributed by atoms with E-state index in [1.807, 2.05) is 31.2 Å². The van der Waals surface area contributed by atoms with Gasteiger partial charge in [0.05, 0.1) is 4.92 Å². The summed E-state index contributed by atoms with van der Waals surface area (Å²) in [6.45, 7) is 3.67. The number of nitro groups is 1. The van der Waals surface area contributed by atoms with E-state index in [1.165, 1.54) is 6.07 Å². The molecule has 1 amide bonds. The van der Waals surface area contributed by atoms with Crippen LogP contribution >= 0.6 is 11.8 Å². The second kappa shape index (κ2) is 6.41. The molecule has 108 valence electrons. The number of carbonyl (C=O) groups is 1. The van der Waals surface area contributed by atoms with Crippen molar-refractivity contribution in [2.24, 2.45) is 0 Å². The maximum absolute atomic E-state index is 12.0. The molecule has 0 atom stereocenters. The van der Waals surface area contributed by atoms with Crippen LogP contribution in [0.5, 0.6) is 0 Å². The molecule has 0 saturated carbocycles. The van der Waals surface area contributed by atoms with Crippen LogP contribution in [0.4, 0.5) is 16.2 Å². The van der Waals surface area contributed by atoms with Crippen molar-refractivity contribution in [2.45, 2.75) is 18.7 Å². The van der Waals surface area contributed by atoms with Crippen LogP contribution < -0.4 is 5.32 Å². The second-order valence-corrected chi connectivity index (χ2v) is 5.57. The Bertz CT molecular complexity index is 701. The van der Waals surface area contributed by atoms with Crippen LogP contribution in [0.25, 0.3) is 0 Å². The minimum atomic E-state index is -0.499. The summed E-state index contributed by atoms with van der Waals surface area (Å²) in [4.78, 5) is 23.4. The van der Waals surface area contributed by atoms with Gasteiger partial charge in [0.25, 0.3) is 10.9 Å². The van der Waals surface area contributed by atoms with E-state index in [1.54, 1.807) is 19.1 Å². The Morgan fingerprint density at radius 2 is 1.90 bits per heavy atom. The van der Waals surface area contributed by atoms with Crippen LogP contribution in [0.1, 0.15) is 11.1 Å². The first-order valence-corrected chi connectivity index (χ1v) is 7.08. The van der Waals surface area contributed by atoms with Crippen molar-refractivity contribution in [3.63, 3.8) is 0 Å². The fourth-order valence-electron chi connectivity index (χ4n) is 1.80. The van der Waals surface area contributed by atoms with Gasteiger partial charge in [-0.2, -0.15) is 0 Å². The van der Waals surface area contributed by atoms with Gasteiger partial charge in [-0.3, -0.25) is 14.9 Å². The van der Waals surface area contributed by atoms with Gasteiger partial charge in [-0.1, -0.05) is 24.3 Å². The summed E-state index contributed by atoms with van der Waals surface area (Å²) in [5.74, 6) is 0. The van der Waals surface area contributed by atoms with Crippen LogP contribution in [0, 0.1) is 24.0 Å². The number of nitrogens with zero attached hydrogens (tertiary/aromatic N) is 1. The molecule has 0 unspecified atom stereocenters. The number of nitrogens with one attached hydrogen (secondary N) is 1. The summed E-state index contributed by atoms with van der Waals surface area (Å²) in [5, 5.41) is 13.2. The number of hydrogen-bond acceptors (Lipinski definition) is 4. The van der Waals surface area contributed by atoms with Crippen molar-refractivity contribution in [1.29, 1.82) is 0 Å². The number of nitro benzene ring substituents is 1. The zero-order chi connectivity index (χ0) is 15.4. The fraction of sp³-hybridized carbons (Fsp3) is 0.133. The number of rotatable bonds is 3. The second-order valence-electron chi connectivity index (χ2n) is 4.56. The third kappa shape index (κ3) is 3.82. The summed E-state index contributed by atoms with van der Waals surface area (Å²) < 4.78 is 0. The zero-order valence-corrected chi connectivity index (χ0v) is 12.4. The first-order valence-electron chi connectivity index (χ1n) is 6.27. The number of anilines is 1. The highest BCUT2D eigenvalue weighted by atomic mass is 32.2. The molecule has 2 aromatic rings. The molecule has 6 heteroatoms. The number of hydrogen-bond donors (Lipinski definition) is 1. The average Bonchev–Trinajstić information content (AvgIpc) is 2.43. The molecule has 2 rings (SSSR count). The van der Waals surface area contributed by atoms with Gasteiger partial charge >= 0.3 is 0 Å². The van der Waals surface area contributed by atoms with E-state index in [9.17, 15) is 14.9 Å². The lowest BCUT2D eigenvalue weighted by atomic mass is 10.2. The Balaban J connectivity index is 2.17. The van der Waals surface area contributed by atoms with Gasteiger partial charge in [0, 0.05) is 11.0 Å². The van der Waals surface area contributed by atoms with E-state index in [2.05, 4.69) is 5.32 Å². The SMILES string of the molecule is Cc1ccc(NC(=O)Sc2ccccc2C)c([N+](=O)[O-])c1. The molecule has 5 nitrogen and oxygen atoms in total. The number of amides is 1. The molecular weight excluding hydrogens is 288 g/mol. The molecule has 0 aliphatic rings. The predicted molar refractivity (Wildman–Crippen MR) is 83.9 cm³/mol. The Hall–Kier alpha value is -2.34. The predicted octanol–water partition coefficient (Wildman–Crippen LogP) is 4.54. The van der Waals surface area contributed by atoms with E-state index in [-0.39, 0.29) is 16.6 Å². The van der Waals surface area contributed by atoms with Gasteiger partial charge in [0.15, 0.2) is 0 Å². The highest BCUT2D eigenvalue weighted by molar-refractivity contribution is 8.14. The molecule has 0 aliphatic carbocycles. The third-order valence-electron chi connectivity index (χ3n) is 2.88. The van der Waals surface area contributed by atoms with E-state index in [4.69, 9.17) is 0 Å². The standard InChI is InChI=1S/C15H14N2O3S/c1-10-7-8-12(13(9-10)17(19)20)16-15(18)21-14-6-4-3-5-11(14)2/h3-9H,1-2H3,(H,16,18). The highest BCUT2D eigenvalue weighted by Crippen LogP contribution is 2.29. The molecule has 0 radical (unpaired) electrons. The molecule has 0 fully saturated rings. The highest BCUT2D eigenvalue weighted by Gasteiger charge is 2.16. The lowest BCUT2D eigenvalue weighted by molar-refractivity contribution is -0.384. The van der Waals surface area contributed by atoms with Crippen LogP contribution in [-0.2, 0) is 0 Å². The first-order chi connectivity index (χ1) is 9.97. The third-order valence-corrected chi connectivity index (χ3v) is 3.85. The number of aryl methyl sites for hydroxylation is 2. The Morgan fingerprint density at radius 3 is 2.57 bits per heavy atom. The van der Waals surface area contributed by atoms with Crippen LogP contribution in [-0.4, -0.2) is 10.2 Å². The average molecular weight is 302 g/mol. The van der Waals surface area contributed by atoms with Crippen molar-refractivity contribution in [3.05, 3.63) is 63.7 Å². The molecule has 21 heavy (non-hydrogen) atoms. The van der Waals surface area contributed by atoms with Gasteiger partial charge in [0.1, 0.15) is 5.69 Å². The zero-order valence-electron chi connectivity index (χ0n) is 11.6. The molecule has 0 spiro atoms. The Morgan fingerprint density at radius 1 is 1.19 bits per heavy atom. The number of carbonyl (C=O) groups excluding carboxylic acids is 1. The number of thioether (sulfide) groups is 1. The van der Waals surface area contributed by atoms with Crippen LogP contribution in [0.15, 0.2) is 47.4 Å². The van der Waals surface area contributed by atoms with Gasteiger partial charge in [-0.05, 0) is 48.9 Å². The van der Waals surface area contributed by atoms with Gasteiger partial charge in [-0.15, -0.1) is 0 Å². The van der Waals surface area contributed by atoms with E-state index < -0.39 is 4.92 Å². The molecule has 0 aromatic heterocycles. The summed E-state index contributed by atoms with van der Waals surface area (Å²) in [6, 6.07) is 12.2. The summed E-state index contributed by atoms with van der Waals surface area (Å²) in [6.07, 6.45) is 0. The summed E-state index contributed by atoms with van der Waals surface area (Å²) in [5.41, 5.74) is 1.85.